The van der Waals surface area contributed by atoms with Gasteiger partial charge in [0.05, 0.1) is 18.2 Å². The molecular formula is C23H24BrNO5. The van der Waals surface area contributed by atoms with Crippen LogP contribution in [-0.2, 0) is 9.59 Å². The number of phenols is 1. The maximum absolute atomic E-state index is 12.9. The van der Waals surface area contributed by atoms with Crippen LogP contribution in [0.4, 0.5) is 0 Å². The molecule has 30 heavy (non-hydrogen) atoms. The number of amides is 1. The first-order valence-corrected chi connectivity index (χ1v) is 10.7. The molecule has 1 fully saturated rings. The fourth-order valence-electron chi connectivity index (χ4n) is 3.52. The van der Waals surface area contributed by atoms with Gasteiger partial charge in [-0.25, -0.2) is 0 Å². The molecule has 0 aliphatic carbocycles. The highest BCUT2D eigenvalue weighted by Crippen LogP contribution is 2.42. The summed E-state index contributed by atoms with van der Waals surface area (Å²) >= 11 is 3.35. The van der Waals surface area contributed by atoms with E-state index in [9.17, 15) is 19.8 Å². The minimum atomic E-state index is -0.764. The number of unbranched alkanes of at least 4 members (excludes halogenated alkanes) is 1. The molecular weight excluding hydrogens is 450 g/mol. The fourth-order valence-corrected chi connectivity index (χ4v) is 3.79. The zero-order chi connectivity index (χ0) is 21.8. The molecule has 0 bridgehead atoms. The number of ether oxygens (including phenoxy) is 1. The number of carbonyl (C=O) groups excluding carboxylic acids is 2. The third kappa shape index (κ3) is 4.21. The van der Waals surface area contributed by atoms with E-state index < -0.39 is 17.7 Å². The summed E-state index contributed by atoms with van der Waals surface area (Å²) in [5.41, 5.74) is 1.07. The lowest BCUT2D eigenvalue weighted by atomic mass is 9.95. The van der Waals surface area contributed by atoms with Gasteiger partial charge in [0, 0.05) is 16.6 Å². The van der Waals surface area contributed by atoms with E-state index in [1.807, 2.05) is 6.92 Å². The average molecular weight is 474 g/mol. The van der Waals surface area contributed by atoms with Crippen LogP contribution >= 0.6 is 15.9 Å². The van der Waals surface area contributed by atoms with Gasteiger partial charge in [0.15, 0.2) is 11.5 Å². The van der Waals surface area contributed by atoms with Gasteiger partial charge in [0.2, 0.25) is 0 Å². The summed E-state index contributed by atoms with van der Waals surface area (Å²) in [6.45, 7) is 4.54. The summed E-state index contributed by atoms with van der Waals surface area (Å²) in [5, 5.41) is 21.0. The molecule has 0 aromatic heterocycles. The SMILES string of the molecule is CCCCN1C(=O)C(=O)/C(=C(\O)c2ccc(Br)cc2)C1c1ccc(O)c(OCC)c1. The molecule has 6 nitrogen and oxygen atoms in total. The monoisotopic (exact) mass is 473 g/mol. The largest absolute Gasteiger partial charge is 0.507 e. The van der Waals surface area contributed by atoms with E-state index in [0.29, 0.717) is 24.3 Å². The number of ketones is 1. The van der Waals surface area contributed by atoms with Crippen molar-refractivity contribution >= 4 is 33.4 Å². The number of Topliss-reactive ketones (excluding diaryl/α,β-unsaturated/α-hetero) is 1. The molecule has 2 aromatic rings. The van der Waals surface area contributed by atoms with Gasteiger partial charge in [-0.3, -0.25) is 9.59 Å². The fraction of sp³-hybridized carbons (Fsp3) is 0.304. The number of phenolic OH excluding ortho intramolecular Hbond substituents is 1. The predicted molar refractivity (Wildman–Crippen MR) is 117 cm³/mol. The van der Waals surface area contributed by atoms with Crippen LogP contribution in [-0.4, -0.2) is 40.0 Å². The molecule has 1 amide bonds. The standard InChI is InChI=1S/C23H24BrNO5/c1-3-5-12-25-20(15-8-11-17(26)18(13-15)30-4-2)19(22(28)23(25)29)21(27)14-6-9-16(24)10-7-14/h6-11,13,20,26-27H,3-5,12H2,1-2H3/b21-19-. The quantitative estimate of drug-likeness (QED) is 0.343. The van der Waals surface area contributed by atoms with Gasteiger partial charge in [-0.1, -0.05) is 47.5 Å². The number of hydrogen-bond donors (Lipinski definition) is 2. The van der Waals surface area contributed by atoms with E-state index in [1.165, 1.54) is 11.0 Å². The smallest absolute Gasteiger partial charge is 0.295 e. The van der Waals surface area contributed by atoms with Gasteiger partial charge < -0.3 is 19.8 Å². The lowest BCUT2D eigenvalue weighted by molar-refractivity contribution is -0.139. The maximum Gasteiger partial charge on any atom is 0.295 e. The van der Waals surface area contributed by atoms with E-state index in [-0.39, 0.29) is 22.8 Å². The number of carbonyl (C=O) groups is 2. The van der Waals surface area contributed by atoms with E-state index in [1.54, 1.807) is 43.3 Å². The first-order chi connectivity index (χ1) is 14.4. The van der Waals surface area contributed by atoms with Crippen molar-refractivity contribution < 1.29 is 24.5 Å². The third-order valence-corrected chi connectivity index (χ3v) is 5.54. The number of benzene rings is 2. The molecule has 1 saturated heterocycles. The molecule has 3 rings (SSSR count). The van der Waals surface area contributed by atoms with Crippen molar-refractivity contribution in [2.24, 2.45) is 0 Å². The van der Waals surface area contributed by atoms with Crippen LogP contribution in [0.3, 0.4) is 0 Å². The Morgan fingerprint density at radius 3 is 2.47 bits per heavy atom. The van der Waals surface area contributed by atoms with E-state index >= 15 is 0 Å². The summed E-state index contributed by atoms with van der Waals surface area (Å²) < 4.78 is 6.31. The van der Waals surface area contributed by atoms with Crippen LogP contribution in [0.25, 0.3) is 5.76 Å². The molecule has 1 unspecified atom stereocenters. The molecule has 2 aromatic carbocycles. The number of rotatable bonds is 7. The summed E-state index contributed by atoms with van der Waals surface area (Å²) in [6.07, 6.45) is 1.57. The molecule has 1 aliphatic rings. The first-order valence-electron chi connectivity index (χ1n) is 9.89. The highest BCUT2D eigenvalue weighted by molar-refractivity contribution is 9.10. The Kier molecular flexibility index (Phi) is 6.82. The van der Waals surface area contributed by atoms with Crippen LogP contribution < -0.4 is 4.74 Å². The molecule has 7 heteroatoms. The number of aliphatic hydroxyl groups is 1. The molecule has 0 spiro atoms. The van der Waals surface area contributed by atoms with Crippen LogP contribution in [0.2, 0.25) is 0 Å². The Balaban J connectivity index is 2.17. The molecule has 158 valence electrons. The second kappa shape index (κ2) is 9.34. The zero-order valence-corrected chi connectivity index (χ0v) is 18.5. The van der Waals surface area contributed by atoms with E-state index in [4.69, 9.17) is 4.74 Å². The van der Waals surface area contributed by atoms with Crippen molar-refractivity contribution in [1.29, 1.82) is 0 Å². The van der Waals surface area contributed by atoms with Gasteiger partial charge in [0.1, 0.15) is 5.76 Å². The normalized spacial score (nSPS) is 18.1. The Morgan fingerprint density at radius 2 is 1.83 bits per heavy atom. The topological polar surface area (TPSA) is 87.1 Å². The number of hydrogen-bond acceptors (Lipinski definition) is 5. The Hall–Kier alpha value is -2.80. The number of aliphatic hydroxyl groups excluding tert-OH is 1. The average Bonchev–Trinajstić information content (AvgIpc) is 2.98. The molecule has 0 radical (unpaired) electrons. The minimum absolute atomic E-state index is 0.0287. The van der Waals surface area contributed by atoms with Crippen molar-refractivity contribution in [3.8, 4) is 11.5 Å². The Bertz CT molecular complexity index is 984. The lowest BCUT2D eigenvalue weighted by Crippen LogP contribution is -2.30. The van der Waals surface area contributed by atoms with Gasteiger partial charge in [-0.15, -0.1) is 0 Å². The van der Waals surface area contributed by atoms with Crippen LogP contribution in [0.15, 0.2) is 52.5 Å². The summed E-state index contributed by atoms with van der Waals surface area (Å²) in [4.78, 5) is 27.2. The van der Waals surface area contributed by atoms with Crippen LogP contribution in [0, 0.1) is 0 Å². The number of nitrogens with zero attached hydrogens (tertiary/aromatic N) is 1. The van der Waals surface area contributed by atoms with Crippen LogP contribution in [0.5, 0.6) is 11.5 Å². The summed E-state index contributed by atoms with van der Waals surface area (Å²) in [7, 11) is 0. The van der Waals surface area contributed by atoms with E-state index in [2.05, 4.69) is 15.9 Å². The van der Waals surface area contributed by atoms with Crippen molar-refractivity contribution in [3.63, 3.8) is 0 Å². The van der Waals surface area contributed by atoms with E-state index in [0.717, 1.165) is 17.3 Å². The number of likely N-dealkylation sites (tertiary alicyclic amines) is 1. The second-order valence-corrected chi connectivity index (χ2v) is 7.93. The minimum Gasteiger partial charge on any atom is -0.507 e. The van der Waals surface area contributed by atoms with Crippen molar-refractivity contribution in [1.82, 2.24) is 4.90 Å². The van der Waals surface area contributed by atoms with Crippen molar-refractivity contribution in [2.45, 2.75) is 32.7 Å². The highest BCUT2D eigenvalue weighted by atomic mass is 79.9. The molecule has 0 saturated carbocycles. The zero-order valence-electron chi connectivity index (χ0n) is 16.9. The predicted octanol–water partition coefficient (Wildman–Crippen LogP) is 4.78. The van der Waals surface area contributed by atoms with Crippen molar-refractivity contribution in [3.05, 3.63) is 63.6 Å². The Labute approximate surface area is 183 Å². The Morgan fingerprint density at radius 1 is 1.13 bits per heavy atom. The van der Waals surface area contributed by atoms with Crippen molar-refractivity contribution in [2.75, 3.05) is 13.2 Å². The second-order valence-electron chi connectivity index (χ2n) is 7.01. The summed E-state index contributed by atoms with van der Waals surface area (Å²) in [5.74, 6) is -1.35. The van der Waals surface area contributed by atoms with Gasteiger partial charge in [-0.05, 0) is 43.2 Å². The molecule has 2 N–H and O–H groups in total. The van der Waals surface area contributed by atoms with Gasteiger partial charge >= 0.3 is 0 Å². The maximum atomic E-state index is 12.9. The third-order valence-electron chi connectivity index (χ3n) is 5.01. The first kappa shape index (κ1) is 21.9. The lowest BCUT2D eigenvalue weighted by Gasteiger charge is -2.25. The van der Waals surface area contributed by atoms with Crippen LogP contribution in [0.1, 0.15) is 43.9 Å². The molecule has 1 heterocycles. The van der Waals surface area contributed by atoms with Gasteiger partial charge in [0.25, 0.3) is 11.7 Å². The molecule has 1 aliphatic heterocycles. The number of halogens is 1. The number of aromatic hydroxyl groups is 1. The molecule has 1 atom stereocenters. The highest BCUT2D eigenvalue weighted by Gasteiger charge is 2.45. The van der Waals surface area contributed by atoms with Gasteiger partial charge in [-0.2, -0.15) is 0 Å². The summed E-state index contributed by atoms with van der Waals surface area (Å²) in [6, 6.07) is 10.8.